The maximum absolute atomic E-state index is 11.4. The van der Waals surface area contributed by atoms with E-state index >= 15 is 0 Å². The molecule has 0 aliphatic heterocycles. The second-order valence-corrected chi connectivity index (χ2v) is 4.63. The van der Waals surface area contributed by atoms with Crippen LogP contribution in [0.15, 0.2) is 16.7 Å². The first kappa shape index (κ1) is 12.2. The Kier molecular flexibility index (Phi) is 3.84. The predicted molar refractivity (Wildman–Crippen MR) is 63.7 cm³/mol. The molecule has 1 aromatic heterocycles. The lowest BCUT2D eigenvalue weighted by Crippen LogP contribution is -2.36. The number of carbonyl (C=O) groups excluding carboxylic acids is 1. The van der Waals surface area contributed by atoms with E-state index in [0.29, 0.717) is 18.3 Å². The minimum absolute atomic E-state index is 0.306. The molecule has 1 aliphatic carbocycles. The van der Waals surface area contributed by atoms with Crippen molar-refractivity contribution in [3.05, 3.63) is 23.7 Å². The van der Waals surface area contributed by atoms with Crippen molar-refractivity contribution in [3.63, 3.8) is 0 Å². The predicted octanol–water partition coefficient (Wildman–Crippen LogP) is 2.34. The van der Waals surface area contributed by atoms with Crippen LogP contribution in [-0.4, -0.2) is 19.1 Å². The van der Waals surface area contributed by atoms with E-state index in [1.165, 1.54) is 32.6 Å². The van der Waals surface area contributed by atoms with Gasteiger partial charge in [0.15, 0.2) is 0 Å². The summed E-state index contributed by atoms with van der Waals surface area (Å²) in [5, 5.41) is 3.44. The summed E-state index contributed by atoms with van der Waals surface area (Å²) in [7, 11) is 1.36. The van der Waals surface area contributed by atoms with Crippen LogP contribution < -0.4 is 5.32 Å². The van der Waals surface area contributed by atoms with Gasteiger partial charge in [0.25, 0.3) is 0 Å². The lowest BCUT2D eigenvalue weighted by atomic mass is 9.80. The van der Waals surface area contributed by atoms with Crippen molar-refractivity contribution < 1.29 is 13.9 Å². The Hall–Kier alpha value is -1.29. The van der Waals surface area contributed by atoms with Gasteiger partial charge in [-0.1, -0.05) is 6.42 Å². The molecule has 1 heterocycles. The summed E-state index contributed by atoms with van der Waals surface area (Å²) in [5.74, 6) is 0.674. The summed E-state index contributed by atoms with van der Waals surface area (Å²) < 4.78 is 9.80. The SMILES string of the molecule is COC(=O)c1occc1CNC(C)C1CCC1. The fraction of sp³-hybridized carbons (Fsp3) is 0.615. The Labute approximate surface area is 101 Å². The zero-order chi connectivity index (χ0) is 12.3. The third-order valence-corrected chi connectivity index (χ3v) is 3.59. The van der Waals surface area contributed by atoms with Gasteiger partial charge in [-0.15, -0.1) is 0 Å². The van der Waals surface area contributed by atoms with Crippen LogP contribution in [0.3, 0.4) is 0 Å². The van der Waals surface area contributed by atoms with Gasteiger partial charge in [0, 0.05) is 18.2 Å². The van der Waals surface area contributed by atoms with Gasteiger partial charge in [-0.3, -0.25) is 0 Å². The van der Waals surface area contributed by atoms with Gasteiger partial charge in [0.05, 0.1) is 13.4 Å². The van der Waals surface area contributed by atoms with Crippen molar-refractivity contribution in [3.8, 4) is 0 Å². The Morgan fingerprint density at radius 1 is 1.65 bits per heavy atom. The van der Waals surface area contributed by atoms with Crippen molar-refractivity contribution in [2.24, 2.45) is 5.92 Å². The molecule has 94 valence electrons. The summed E-state index contributed by atoms with van der Waals surface area (Å²) in [6.45, 7) is 2.85. The Bertz CT molecular complexity index is 382. The normalized spacial score (nSPS) is 17.5. The number of carbonyl (C=O) groups is 1. The van der Waals surface area contributed by atoms with Crippen LogP contribution in [0.1, 0.15) is 42.3 Å². The molecule has 0 bridgehead atoms. The number of rotatable bonds is 5. The van der Waals surface area contributed by atoms with Gasteiger partial charge < -0.3 is 14.5 Å². The molecule has 1 unspecified atom stereocenters. The molecule has 1 atom stereocenters. The number of hydrogen-bond acceptors (Lipinski definition) is 4. The van der Waals surface area contributed by atoms with Crippen molar-refractivity contribution in [1.82, 2.24) is 5.32 Å². The fourth-order valence-corrected chi connectivity index (χ4v) is 2.12. The highest BCUT2D eigenvalue weighted by Gasteiger charge is 2.24. The highest BCUT2D eigenvalue weighted by Crippen LogP contribution is 2.29. The summed E-state index contributed by atoms with van der Waals surface area (Å²) in [6.07, 6.45) is 5.49. The highest BCUT2D eigenvalue weighted by molar-refractivity contribution is 5.87. The number of methoxy groups -OCH3 is 1. The summed E-state index contributed by atoms with van der Waals surface area (Å²) >= 11 is 0. The summed E-state index contributed by atoms with van der Waals surface area (Å²) in [6, 6.07) is 2.30. The van der Waals surface area contributed by atoms with Crippen molar-refractivity contribution in [1.29, 1.82) is 0 Å². The fourth-order valence-electron chi connectivity index (χ4n) is 2.12. The molecular weight excluding hydrogens is 218 g/mol. The molecule has 0 amide bonds. The molecule has 17 heavy (non-hydrogen) atoms. The molecule has 0 aromatic carbocycles. The molecule has 1 aliphatic rings. The number of ether oxygens (including phenoxy) is 1. The summed E-state index contributed by atoms with van der Waals surface area (Å²) in [4.78, 5) is 11.4. The third kappa shape index (κ3) is 2.69. The molecule has 1 saturated carbocycles. The van der Waals surface area contributed by atoms with Crippen LogP contribution in [-0.2, 0) is 11.3 Å². The average Bonchev–Trinajstić information content (AvgIpc) is 2.71. The van der Waals surface area contributed by atoms with E-state index in [1.807, 2.05) is 6.07 Å². The quantitative estimate of drug-likeness (QED) is 0.799. The molecular formula is C13H19NO3. The number of esters is 1. The molecule has 0 radical (unpaired) electrons. The van der Waals surface area contributed by atoms with Gasteiger partial charge in [-0.05, 0) is 31.7 Å². The van der Waals surface area contributed by atoms with Gasteiger partial charge >= 0.3 is 5.97 Å². The van der Waals surface area contributed by atoms with E-state index in [9.17, 15) is 4.79 Å². The second kappa shape index (κ2) is 5.36. The van der Waals surface area contributed by atoms with E-state index in [4.69, 9.17) is 4.42 Å². The first-order valence-corrected chi connectivity index (χ1v) is 6.10. The zero-order valence-corrected chi connectivity index (χ0v) is 10.4. The van der Waals surface area contributed by atoms with E-state index in [0.717, 1.165) is 11.5 Å². The molecule has 0 spiro atoms. The standard InChI is InChI=1S/C13H19NO3/c1-9(10-4-3-5-10)14-8-11-6-7-17-12(11)13(15)16-2/h6-7,9-10,14H,3-5,8H2,1-2H3. The minimum Gasteiger partial charge on any atom is -0.463 e. The van der Waals surface area contributed by atoms with Crippen molar-refractivity contribution in [2.75, 3.05) is 7.11 Å². The molecule has 1 fully saturated rings. The zero-order valence-electron chi connectivity index (χ0n) is 10.4. The van der Waals surface area contributed by atoms with Gasteiger partial charge in [0.2, 0.25) is 5.76 Å². The Balaban J connectivity index is 1.89. The molecule has 4 heteroatoms. The van der Waals surface area contributed by atoms with E-state index in [2.05, 4.69) is 17.0 Å². The Morgan fingerprint density at radius 2 is 2.41 bits per heavy atom. The minimum atomic E-state index is -0.414. The number of furan rings is 1. The van der Waals surface area contributed by atoms with Crippen LogP contribution in [0.25, 0.3) is 0 Å². The van der Waals surface area contributed by atoms with Crippen molar-refractivity contribution in [2.45, 2.75) is 38.8 Å². The van der Waals surface area contributed by atoms with E-state index in [1.54, 1.807) is 0 Å². The maximum Gasteiger partial charge on any atom is 0.374 e. The summed E-state index contributed by atoms with van der Waals surface area (Å²) in [5.41, 5.74) is 0.864. The van der Waals surface area contributed by atoms with Gasteiger partial charge in [0.1, 0.15) is 0 Å². The number of nitrogens with one attached hydrogen (secondary N) is 1. The van der Waals surface area contributed by atoms with E-state index < -0.39 is 5.97 Å². The number of hydrogen-bond donors (Lipinski definition) is 1. The third-order valence-electron chi connectivity index (χ3n) is 3.59. The van der Waals surface area contributed by atoms with Crippen LogP contribution in [0.4, 0.5) is 0 Å². The molecule has 2 rings (SSSR count). The van der Waals surface area contributed by atoms with Crippen LogP contribution >= 0.6 is 0 Å². The van der Waals surface area contributed by atoms with Crippen LogP contribution in [0.2, 0.25) is 0 Å². The van der Waals surface area contributed by atoms with Crippen LogP contribution in [0.5, 0.6) is 0 Å². The second-order valence-electron chi connectivity index (χ2n) is 4.63. The smallest absolute Gasteiger partial charge is 0.374 e. The first-order chi connectivity index (χ1) is 8.22. The van der Waals surface area contributed by atoms with E-state index in [-0.39, 0.29) is 0 Å². The highest BCUT2D eigenvalue weighted by atomic mass is 16.5. The van der Waals surface area contributed by atoms with Crippen LogP contribution in [0, 0.1) is 5.92 Å². The lowest BCUT2D eigenvalue weighted by Gasteiger charge is -2.32. The molecule has 1 N–H and O–H groups in total. The lowest BCUT2D eigenvalue weighted by molar-refractivity contribution is 0.0563. The molecule has 4 nitrogen and oxygen atoms in total. The average molecular weight is 237 g/mol. The monoisotopic (exact) mass is 237 g/mol. The van der Waals surface area contributed by atoms with Crippen molar-refractivity contribution >= 4 is 5.97 Å². The van der Waals surface area contributed by atoms with Gasteiger partial charge in [-0.25, -0.2) is 4.79 Å². The first-order valence-electron chi connectivity index (χ1n) is 6.10. The largest absolute Gasteiger partial charge is 0.463 e. The van der Waals surface area contributed by atoms with Gasteiger partial charge in [-0.2, -0.15) is 0 Å². The maximum atomic E-state index is 11.4. The Morgan fingerprint density at radius 3 is 3.00 bits per heavy atom. The molecule has 0 saturated heterocycles. The topological polar surface area (TPSA) is 51.5 Å². The molecule has 1 aromatic rings.